The summed E-state index contributed by atoms with van der Waals surface area (Å²) in [7, 11) is 0. The molecule has 0 spiro atoms. The minimum Gasteiger partial charge on any atom is -0.481 e. The Bertz CT molecular complexity index is 389. The molecule has 4 atom stereocenters. The number of fused-ring (bicyclic) bond motifs is 2. The minimum absolute atomic E-state index is 0.00942. The molecular formula is C16H25NO3. The number of carbonyl (C=O) groups excluding carboxylic acids is 1. The molecule has 3 saturated carbocycles. The van der Waals surface area contributed by atoms with Crippen LogP contribution in [0.15, 0.2) is 0 Å². The first kappa shape index (κ1) is 13.9. The highest BCUT2D eigenvalue weighted by molar-refractivity contribution is 5.86. The molecule has 0 saturated heterocycles. The number of carboxylic acids is 1. The van der Waals surface area contributed by atoms with Gasteiger partial charge < -0.3 is 10.4 Å². The molecule has 0 radical (unpaired) electrons. The number of hydrogen-bond donors (Lipinski definition) is 2. The monoisotopic (exact) mass is 279 g/mol. The first-order chi connectivity index (χ1) is 9.66. The van der Waals surface area contributed by atoms with Gasteiger partial charge in [-0.05, 0) is 49.9 Å². The van der Waals surface area contributed by atoms with Crippen molar-refractivity contribution in [3.05, 3.63) is 0 Å². The lowest BCUT2D eigenvalue weighted by Gasteiger charge is -2.28. The van der Waals surface area contributed by atoms with Gasteiger partial charge >= 0.3 is 5.97 Å². The zero-order valence-electron chi connectivity index (χ0n) is 12.0. The molecule has 112 valence electrons. The van der Waals surface area contributed by atoms with Gasteiger partial charge in [0.15, 0.2) is 0 Å². The van der Waals surface area contributed by atoms with Gasteiger partial charge in [0.05, 0.1) is 11.8 Å². The van der Waals surface area contributed by atoms with Crippen molar-refractivity contribution in [3.8, 4) is 0 Å². The molecule has 0 aromatic heterocycles. The predicted octanol–water partition coefficient (Wildman–Crippen LogP) is 2.43. The first-order valence-electron chi connectivity index (χ1n) is 8.17. The summed E-state index contributed by atoms with van der Waals surface area (Å²) in [6, 6.07) is 0. The molecule has 3 rings (SSSR count). The van der Waals surface area contributed by atoms with Crippen LogP contribution in [0.25, 0.3) is 0 Å². The Kier molecular flexibility index (Phi) is 3.99. The van der Waals surface area contributed by atoms with Crippen molar-refractivity contribution in [2.45, 2.75) is 51.4 Å². The van der Waals surface area contributed by atoms with Gasteiger partial charge in [0.1, 0.15) is 0 Å². The van der Waals surface area contributed by atoms with Gasteiger partial charge in [0.2, 0.25) is 5.91 Å². The minimum atomic E-state index is -0.769. The summed E-state index contributed by atoms with van der Waals surface area (Å²) in [4.78, 5) is 23.9. The summed E-state index contributed by atoms with van der Waals surface area (Å²) in [5.74, 6) is -0.301. The number of nitrogens with one attached hydrogen (secondary N) is 1. The second kappa shape index (κ2) is 5.74. The van der Waals surface area contributed by atoms with Crippen molar-refractivity contribution in [2.24, 2.45) is 29.6 Å². The van der Waals surface area contributed by atoms with E-state index in [1.807, 2.05) is 0 Å². The van der Waals surface area contributed by atoms with Gasteiger partial charge in [0, 0.05) is 6.54 Å². The number of amides is 1. The standard InChI is InChI=1S/C16H25NO3/c18-15(17-9-10-4-2-1-3-5-10)13-11-6-7-12(8-11)14(13)16(19)20/h10-14H,1-9H2,(H,17,18)(H,19,20)/t11-,12+,13-,14+/m0/s1. The molecular weight excluding hydrogens is 254 g/mol. The van der Waals surface area contributed by atoms with E-state index in [0.29, 0.717) is 11.8 Å². The van der Waals surface area contributed by atoms with E-state index in [0.717, 1.165) is 25.8 Å². The van der Waals surface area contributed by atoms with Gasteiger partial charge in [-0.3, -0.25) is 9.59 Å². The third-order valence-corrected chi connectivity index (χ3v) is 5.79. The second-order valence-corrected chi connectivity index (χ2v) is 6.97. The lowest BCUT2D eigenvalue weighted by Crippen LogP contribution is -2.42. The predicted molar refractivity (Wildman–Crippen MR) is 75.0 cm³/mol. The van der Waals surface area contributed by atoms with Gasteiger partial charge in [-0.25, -0.2) is 0 Å². The van der Waals surface area contributed by atoms with Gasteiger partial charge in [-0.15, -0.1) is 0 Å². The van der Waals surface area contributed by atoms with Crippen LogP contribution in [0, 0.1) is 29.6 Å². The Hall–Kier alpha value is -1.06. The summed E-state index contributed by atoms with van der Waals surface area (Å²) < 4.78 is 0. The third-order valence-electron chi connectivity index (χ3n) is 5.79. The van der Waals surface area contributed by atoms with Crippen molar-refractivity contribution < 1.29 is 14.7 Å². The van der Waals surface area contributed by atoms with Crippen molar-refractivity contribution in [1.82, 2.24) is 5.32 Å². The molecule has 2 N–H and O–H groups in total. The molecule has 3 aliphatic rings. The van der Waals surface area contributed by atoms with Gasteiger partial charge in [-0.1, -0.05) is 19.3 Å². The highest BCUT2D eigenvalue weighted by atomic mass is 16.4. The normalized spacial score (nSPS) is 37.0. The van der Waals surface area contributed by atoms with Crippen LogP contribution in [0.1, 0.15) is 51.4 Å². The lowest BCUT2D eigenvalue weighted by molar-refractivity contribution is -0.149. The summed E-state index contributed by atoms with van der Waals surface area (Å²) in [6.45, 7) is 0.749. The Balaban J connectivity index is 1.57. The molecule has 3 aliphatic carbocycles. The van der Waals surface area contributed by atoms with E-state index in [1.165, 1.54) is 32.1 Å². The maximum Gasteiger partial charge on any atom is 0.307 e. The van der Waals surface area contributed by atoms with E-state index < -0.39 is 11.9 Å². The van der Waals surface area contributed by atoms with Crippen LogP contribution < -0.4 is 5.32 Å². The maximum absolute atomic E-state index is 12.4. The Labute approximate surface area is 120 Å². The average molecular weight is 279 g/mol. The van der Waals surface area contributed by atoms with Gasteiger partial charge in [-0.2, -0.15) is 0 Å². The van der Waals surface area contributed by atoms with Crippen LogP contribution >= 0.6 is 0 Å². The smallest absolute Gasteiger partial charge is 0.307 e. The molecule has 0 unspecified atom stereocenters. The quantitative estimate of drug-likeness (QED) is 0.830. The van der Waals surface area contributed by atoms with E-state index in [4.69, 9.17) is 0 Å². The number of carbonyl (C=O) groups is 2. The molecule has 2 bridgehead atoms. The molecule has 0 aliphatic heterocycles. The number of aliphatic carboxylic acids is 1. The summed E-state index contributed by atoms with van der Waals surface area (Å²) >= 11 is 0. The van der Waals surface area contributed by atoms with Crippen LogP contribution in [0.5, 0.6) is 0 Å². The molecule has 0 aromatic carbocycles. The third kappa shape index (κ3) is 2.57. The molecule has 20 heavy (non-hydrogen) atoms. The van der Waals surface area contributed by atoms with E-state index in [1.54, 1.807) is 0 Å². The topological polar surface area (TPSA) is 66.4 Å². The van der Waals surface area contributed by atoms with Crippen molar-refractivity contribution in [2.75, 3.05) is 6.54 Å². The summed E-state index contributed by atoms with van der Waals surface area (Å²) in [5.41, 5.74) is 0. The first-order valence-corrected chi connectivity index (χ1v) is 8.17. The lowest BCUT2D eigenvalue weighted by atomic mass is 9.78. The number of carboxylic acid groups (broad SMARTS) is 1. The van der Waals surface area contributed by atoms with Crippen LogP contribution in [-0.4, -0.2) is 23.5 Å². The number of hydrogen-bond acceptors (Lipinski definition) is 2. The molecule has 3 fully saturated rings. The highest BCUT2D eigenvalue weighted by Gasteiger charge is 2.53. The van der Waals surface area contributed by atoms with Crippen LogP contribution in [0.3, 0.4) is 0 Å². The zero-order chi connectivity index (χ0) is 14.1. The summed E-state index contributed by atoms with van der Waals surface area (Å²) in [5, 5.41) is 12.5. The maximum atomic E-state index is 12.4. The molecule has 0 heterocycles. The zero-order valence-corrected chi connectivity index (χ0v) is 12.0. The fourth-order valence-corrected chi connectivity index (χ4v) is 4.78. The summed E-state index contributed by atoms with van der Waals surface area (Å²) in [6.07, 6.45) is 9.25. The van der Waals surface area contributed by atoms with E-state index >= 15 is 0 Å². The van der Waals surface area contributed by atoms with Crippen molar-refractivity contribution >= 4 is 11.9 Å². The SMILES string of the molecule is O=C(O)[C@@H]1[C@@H]2CC[C@@H](C2)[C@@H]1C(=O)NCC1CCCCC1. The molecule has 0 aromatic rings. The number of rotatable bonds is 4. The van der Waals surface area contributed by atoms with Crippen molar-refractivity contribution in [3.63, 3.8) is 0 Å². The van der Waals surface area contributed by atoms with E-state index in [9.17, 15) is 14.7 Å². The molecule has 4 heteroatoms. The van der Waals surface area contributed by atoms with E-state index in [-0.39, 0.29) is 17.7 Å². The fraction of sp³-hybridized carbons (Fsp3) is 0.875. The second-order valence-electron chi connectivity index (χ2n) is 6.97. The molecule has 1 amide bonds. The van der Waals surface area contributed by atoms with Crippen LogP contribution in [0.4, 0.5) is 0 Å². The Morgan fingerprint density at radius 3 is 2.25 bits per heavy atom. The van der Waals surface area contributed by atoms with Crippen molar-refractivity contribution in [1.29, 1.82) is 0 Å². The van der Waals surface area contributed by atoms with Gasteiger partial charge in [0.25, 0.3) is 0 Å². The fourth-order valence-electron chi connectivity index (χ4n) is 4.78. The average Bonchev–Trinajstić information content (AvgIpc) is 3.06. The molecule has 4 nitrogen and oxygen atoms in total. The van der Waals surface area contributed by atoms with Crippen LogP contribution in [0.2, 0.25) is 0 Å². The van der Waals surface area contributed by atoms with E-state index in [2.05, 4.69) is 5.32 Å². The Morgan fingerprint density at radius 2 is 1.60 bits per heavy atom. The largest absolute Gasteiger partial charge is 0.481 e. The Morgan fingerprint density at radius 1 is 0.950 bits per heavy atom. The highest BCUT2D eigenvalue weighted by Crippen LogP contribution is 2.52. The van der Waals surface area contributed by atoms with Crippen LogP contribution in [-0.2, 0) is 9.59 Å².